The van der Waals surface area contributed by atoms with E-state index in [4.69, 9.17) is 4.74 Å². The van der Waals surface area contributed by atoms with Crippen LogP contribution in [0.4, 0.5) is 23.7 Å². The number of amides is 4. The topological polar surface area (TPSA) is 169 Å². The summed E-state index contributed by atoms with van der Waals surface area (Å²) in [5.74, 6) is -4.31. The number of anilines is 1. The predicted octanol–water partition coefficient (Wildman–Crippen LogP) is 5.59. The van der Waals surface area contributed by atoms with E-state index in [-0.39, 0.29) is 40.8 Å². The number of aryl methyl sites for hydroxylation is 1. The first-order valence-corrected chi connectivity index (χ1v) is 19.1. The molecule has 0 bridgehead atoms. The molecule has 52 heavy (non-hydrogen) atoms. The first-order chi connectivity index (χ1) is 24.6. The minimum absolute atomic E-state index is 0. The van der Waals surface area contributed by atoms with Gasteiger partial charge in [-0.2, -0.15) is 18.3 Å². The summed E-state index contributed by atoms with van der Waals surface area (Å²) in [5, 5.41) is 8.62. The number of nitrogens with zero attached hydrogens (tertiary/aromatic N) is 3. The molecule has 1 aliphatic heterocycles. The fraction of sp³-hybridized carbons (Fsp3) is 0.571. The molecule has 3 fully saturated rings. The van der Waals surface area contributed by atoms with Crippen molar-refractivity contribution in [2.24, 2.45) is 17.8 Å². The van der Waals surface area contributed by atoms with Gasteiger partial charge in [0.2, 0.25) is 21.8 Å². The number of alkyl halides is 3. The molecule has 0 spiro atoms. The second-order valence-corrected chi connectivity index (χ2v) is 15.5. The molecule has 3 aliphatic carbocycles. The summed E-state index contributed by atoms with van der Waals surface area (Å²) in [6.45, 7) is 6.11. The summed E-state index contributed by atoms with van der Waals surface area (Å²) in [6, 6.07) is 4.46. The molecular weight excluding hydrogens is 705 g/mol. The third kappa shape index (κ3) is 8.45. The van der Waals surface area contributed by atoms with Crippen LogP contribution < -0.4 is 15.4 Å². The molecule has 2 heterocycles. The van der Waals surface area contributed by atoms with Gasteiger partial charge >= 0.3 is 12.3 Å². The van der Waals surface area contributed by atoms with Crippen LogP contribution in [0, 0.1) is 24.7 Å². The minimum Gasteiger partial charge on any atom is -0.446 e. The van der Waals surface area contributed by atoms with E-state index in [9.17, 15) is 40.8 Å². The summed E-state index contributed by atoms with van der Waals surface area (Å²) >= 11 is 0. The maximum Gasteiger partial charge on any atom is 0.416 e. The summed E-state index contributed by atoms with van der Waals surface area (Å²) in [5.41, 5.74) is -2.00. The molecule has 3 N–H and O–H groups in total. The Morgan fingerprint density at radius 1 is 1.10 bits per heavy atom. The van der Waals surface area contributed by atoms with Crippen molar-refractivity contribution in [1.29, 1.82) is 0 Å². The lowest BCUT2D eigenvalue weighted by atomic mass is 9.93. The van der Waals surface area contributed by atoms with Gasteiger partial charge in [0.25, 0.3) is 5.91 Å². The van der Waals surface area contributed by atoms with E-state index in [1.54, 1.807) is 26.1 Å². The van der Waals surface area contributed by atoms with Crippen LogP contribution in [0.1, 0.15) is 80.8 Å². The lowest BCUT2D eigenvalue weighted by molar-refractivity contribution is -0.140. The number of rotatable bonds is 6. The zero-order valence-corrected chi connectivity index (χ0v) is 30.4. The minimum atomic E-state index is -4.70. The van der Waals surface area contributed by atoms with Crippen LogP contribution in [0.25, 0.3) is 5.69 Å². The number of hydrogen-bond acceptors (Lipinski definition) is 8. The van der Waals surface area contributed by atoms with Crippen LogP contribution in [0.2, 0.25) is 0 Å². The van der Waals surface area contributed by atoms with Gasteiger partial charge in [-0.15, -0.1) is 0 Å². The lowest BCUT2D eigenvalue weighted by Crippen LogP contribution is -2.54. The average Bonchev–Trinajstić information content (AvgIpc) is 3.98. The summed E-state index contributed by atoms with van der Waals surface area (Å²) < 4.78 is 75.2. The molecule has 1 aromatic heterocycles. The van der Waals surface area contributed by atoms with Gasteiger partial charge in [-0.05, 0) is 82.6 Å². The number of hydrogen-bond donors (Lipinski definition) is 3. The molecule has 4 amide bonds. The van der Waals surface area contributed by atoms with Gasteiger partial charge in [-0.3, -0.25) is 24.4 Å². The van der Waals surface area contributed by atoms with Crippen molar-refractivity contribution in [1.82, 2.24) is 24.7 Å². The second kappa shape index (κ2) is 15.3. The normalized spacial score (nSPS) is 27.1. The Morgan fingerprint density at radius 3 is 2.46 bits per heavy atom. The van der Waals surface area contributed by atoms with Crippen molar-refractivity contribution in [3.05, 3.63) is 53.9 Å². The van der Waals surface area contributed by atoms with Gasteiger partial charge in [0.15, 0.2) is 0 Å². The molecule has 0 unspecified atom stereocenters. The van der Waals surface area contributed by atoms with E-state index in [2.05, 4.69) is 20.5 Å². The molecular formula is C35H51F3N6O7S. The van der Waals surface area contributed by atoms with Crippen LogP contribution in [-0.2, 0) is 35.3 Å². The van der Waals surface area contributed by atoms with Gasteiger partial charge in [-0.25, -0.2) is 17.9 Å². The highest BCUT2D eigenvalue weighted by Crippen LogP contribution is 2.47. The van der Waals surface area contributed by atoms with E-state index < -0.39 is 74.3 Å². The van der Waals surface area contributed by atoms with Crippen molar-refractivity contribution in [2.75, 3.05) is 18.9 Å². The second-order valence-electron chi connectivity index (χ2n) is 13.6. The third-order valence-electron chi connectivity index (χ3n) is 9.89. The number of allylic oxidation sites excluding steroid dienone is 1. The van der Waals surface area contributed by atoms with E-state index in [1.165, 1.54) is 21.8 Å². The monoisotopic (exact) mass is 756 g/mol. The zero-order chi connectivity index (χ0) is 38.0. The van der Waals surface area contributed by atoms with Crippen molar-refractivity contribution in [3.63, 3.8) is 0 Å². The van der Waals surface area contributed by atoms with Gasteiger partial charge in [0, 0.05) is 35.7 Å². The molecule has 17 heteroatoms. The first-order valence-electron chi connectivity index (χ1n) is 17.6. The van der Waals surface area contributed by atoms with E-state index >= 15 is 0 Å². The number of halogens is 3. The Hall–Kier alpha value is -4.41. The van der Waals surface area contributed by atoms with Crippen molar-refractivity contribution >= 4 is 39.5 Å². The zero-order valence-electron chi connectivity index (χ0n) is 29.5. The fourth-order valence-corrected chi connectivity index (χ4v) is 8.16. The highest BCUT2D eigenvalue weighted by molar-refractivity contribution is 7.91. The van der Waals surface area contributed by atoms with E-state index in [1.807, 2.05) is 19.9 Å². The van der Waals surface area contributed by atoms with Crippen LogP contribution in [-0.4, -0.2) is 77.4 Å². The maximum atomic E-state index is 13.9. The summed E-state index contributed by atoms with van der Waals surface area (Å²) in [4.78, 5) is 55.8. The number of fused-ring (bicyclic) bond motifs is 2. The average molecular weight is 757 g/mol. The molecule has 4 aliphatic rings. The number of nitrogens with one attached hydrogen (secondary N) is 3. The van der Waals surface area contributed by atoms with Crippen LogP contribution in [0.3, 0.4) is 0 Å². The SMILES string of the molecule is CC.Cc1ccnn1-c1ccc(C(F)(F)F)cc1NC(=O)O[C@@H]1C[C@H]2C(=O)N[C@]3(C(=O)NS(=O)(=O)C4CC4)C[C@H]3/C=C\CCCCN(C)C(=O)[C@@H]2C1.[HH].[HH].[HH]. The maximum absolute atomic E-state index is 13.9. The Kier molecular flexibility index (Phi) is 11.4. The number of ether oxygens (including phenoxy) is 1. The molecule has 0 radical (unpaired) electrons. The van der Waals surface area contributed by atoms with Crippen molar-refractivity contribution in [2.45, 2.75) is 95.2 Å². The number of aromatic nitrogens is 2. The number of benzene rings is 1. The molecule has 13 nitrogen and oxygen atoms in total. The molecule has 0 saturated heterocycles. The number of carbonyl (C=O) groups is 4. The smallest absolute Gasteiger partial charge is 0.416 e. The van der Waals surface area contributed by atoms with Gasteiger partial charge < -0.3 is 15.0 Å². The van der Waals surface area contributed by atoms with Gasteiger partial charge in [-0.1, -0.05) is 26.0 Å². The molecule has 5 atom stereocenters. The van der Waals surface area contributed by atoms with E-state index in [0.717, 1.165) is 18.6 Å². The highest BCUT2D eigenvalue weighted by atomic mass is 32.2. The van der Waals surface area contributed by atoms with Crippen LogP contribution in [0.15, 0.2) is 42.6 Å². The molecule has 6 rings (SSSR count). The standard InChI is InChI=1S/C33H39F3N6O7S.C2H6.3H2/c1-19-12-13-37-42(19)27-11-8-20(33(34,35)36)15-26(27)38-31(46)49-22-16-24-25(17-22)29(44)41(2)14-6-4-3-5-7-21-18-32(21,39-28(24)43)30(45)40-50(47,48)23-9-10-23;1-2;;;/h5,7-8,11-13,15,21-25H,3-4,6,9-10,14,16-18H2,1-2H3,(H,38,46)(H,39,43)(H,40,45);1-2H3;3*1H/b7-5-;;;;/t21-,22-,24-,25-,32-;;;;/m1..../s1. The molecule has 290 valence electrons. The molecule has 2 aromatic rings. The predicted molar refractivity (Wildman–Crippen MR) is 191 cm³/mol. The Morgan fingerprint density at radius 2 is 1.81 bits per heavy atom. The van der Waals surface area contributed by atoms with Crippen molar-refractivity contribution in [3.8, 4) is 5.69 Å². The first kappa shape index (κ1) is 38.8. The number of sulfonamides is 1. The van der Waals surface area contributed by atoms with Gasteiger partial charge in [0.05, 0.1) is 34.0 Å². The summed E-state index contributed by atoms with van der Waals surface area (Å²) in [7, 11) is -2.29. The summed E-state index contributed by atoms with van der Waals surface area (Å²) in [6.07, 6.45) is 1.33. The Bertz CT molecular complexity index is 1840. The highest BCUT2D eigenvalue weighted by Gasteiger charge is 2.62. The third-order valence-corrected chi connectivity index (χ3v) is 11.7. The Labute approximate surface area is 305 Å². The van der Waals surface area contributed by atoms with E-state index in [0.29, 0.717) is 37.9 Å². The fourth-order valence-electron chi connectivity index (χ4n) is 6.80. The van der Waals surface area contributed by atoms with Crippen LogP contribution in [0.5, 0.6) is 0 Å². The number of carbonyl (C=O) groups excluding carboxylic acids is 4. The quantitative estimate of drug-likeness (QED) is 0.321. The van der Waals surface area contributed by atoms with Gasteiger partial charge in [0.1, 0.15) is 11.6 Å². The molecule has 1 aromatic carbocycles. The molecule has 3 saturated carbocycles. The largest absolute Gasteiger partial charge is 0.446 e. The van der Waals surface area contributed by atoms with Crippen molar-refractivity contribution < 1.29 is 49.8 Å². The lowest BCUT2D eigenvalue weighted by Gasteiger charge is -2.26. The Balaban J connectivity index is 0.00000206. The van der Waals surface area contributed by atoms with Crippen LogP contribution >= 0.6 is 0 Å².